The van der Waals surface area contributed by atoms with Crippen molar-refractivity contribution in [1.29, 1.82) is 0 Å². The molecule has 36 heavy (non-hydrogen) atoms. The Hall–Kier alpha value is -2.85. The lowest BCUT2D eigenvalue weighted by atomic mass is 9.64. The molecule has 6 rings (SSSR count). The van der Waals surface area contributed by atoms with Crippen LogP contribution in [0.5, 0.6) is 5.88 Å². The number of Topliss-reactive ketones (excluding diaryl/α,β-unsaturated/α-hetero) is 1. The molecule has 4 heterocycles. The van der Waals surface area contributed by atoms with E-state index in [1.165, 1.54) is 0 Å². The maximum absolute atomic E-state index is 13.0. The van der Waals surface area contributed by atoms with Crippen molar-refractivity contribution < 1.29 is 14.1 Å². The number of carbonyl (C=O) groups excluding carboxylic acids is 1. The van der Waals surface area contributed by atoms with Gasteiger partial charge in [-0.25, -0.2) is 9.67 Å². The third kappa shape index (κ3) is 4.00. The van der Waals surface area contributed by atoms with Crippen molar-refractivity contribution in [3.8, 4) is 17.5 Å². The Morgan fingerprint density at radius 2 is 2.08 bits per heavy atom. The summed E-state index contributed by atoms with van der Waals surface area (Å²) in [6.45, 7) is 2.90. The number of hydrogen-bond donors (Lipinski definition) is 0. The normalized spacial score (nSPS) is 27.4. The first kappa shape index (κ1) is 23.5. The predicted octanol–water partition coefficient (Wildman–Crippen LogP) is 3.81. The van der Waals surface area contributed by atoms with Crippen LogP contribution >= 0.6 is 11.6 Å². The van der Waals surface area contributed by atoms with Crippen LogP contribution in [0.2, 0.25) is 5.15 Å². The first-order valence-corrected chi connectivity index (χ1v) is 13.1. The molecule has 10 nitrogen and oxygen atoms in total. The van der Waals surface area contributed by atoms with Gasteiger partial charge in [0.1, 0.15) is 22.7 Å². The number of likely N-dealkylation sites (N-methyl/N-ethyl adjacent to an activating group) is 1. The van der Waals surface area contributed by atoms with Gasteiger partial charge in [0.05, 0.1) is 17.7 Å². The van der Waals surface area contributed by atoms with Crippen LogP contribution in [-0.2, 0) is 16.6 Å². The number of carbonyl (C=O) groups is 1. The van der Waals surface area contributed by atoms with Crippen molar-refractivity contribution in [3.05, 3.63) is 34.9 Å². The molecule has 3 aromatic rings. The molecule has 0 radical (unpaired) electrons. The minimum absolute atomic E-state index is 0.144. The van der Waals surface area contributed by atoms with Gasteiger partial charge in [-0.1, -0.05) is 28.4 Å². The Bertz CT molecular complexity index is 1260. The second-order valence-electron chi connectivity index (χ2n) is 10.4. The zero-order valence-corrected chi connectivity index (χ0v) is 21.3. The lowest BCUT2D eigenvalue weighted by Gasteiger charge is -2.37. The Labute approximate surface area is 214 Å². The summed E-state index contributed by atoms with van der Waals surface area (Å²) < 4.78 is 14.0. The van der Waals surface area contributed by atoms with Crippen molar-refractivity contribution in [2.75, 3.05) is 13.6 Å². The van der Waals surface area contributed by atoms with Gasteiger partial charge in [0.25, 0.3) is 0 Å². The molecular formula is C25H30ClN7O3. The van der Waals surface area contributed by atoms with Gasteiger partial charge in [0, 0.05) is 36.8 Å². The van der Waals surface area contributed by atoms with Gasteiger partial charge in [-0.3, -0.25) is 9.69 Å². The molecule has 3 aliphatic rings. The quantitative estimate of drug-likeness (QED) is 0.472. The Balaban J connectivity index is 1.25. The van der Waals surface area contributed by atoms with Crippen molar-refractivity contribution >= 4 is 17.4 Å². The van der Waals surface area contributed by atoms with Crippen LogP contribution in [0.15, 0.2) is 23.0 Å². The fraction of sp³-hybridized carbons (Fsp3) is 0.600. The van der Waals surface area contributed by atoms with E-state index in [1.807, 2.05) is 17.8 Å². The van der Waals surface area contributed by atoms with E-state index in [4.69, 9.17) is 20.9 Å². The van der Waals surface area contributed by atoms with Gasteiger partial charge in [-0.2, -0.15) is 4.98 Å². The van der Waals surface area contributed by atoms with Crippen LogP contribution in [-0.4, -0.2) is 66.5 Å². The zero-order chi connectivity index (χ0) is 24.9. The van der Waals surface area contributed by atoms with Crippen molar-refractivity contribution in [2.45, 2.75) is 81.9 Å². The van der Waals surface area contributed by atoms with Crippen molar-refractivity contribution in [1.82, 2.24) is 35.0 Å². The number of rotatable bonds is 5. The van der Waals surface area contributed by atoms with Gasteiger partial charge in [-0.15, -0.1) is 5.10 Å². The molecule has 190 valence electrons. The second kappa shape index (κ2) is 9.23. The molecule has 2 aliphatic carbocycles. The highest BCUT2D eigenvalue weighted by molar-refractivity contribution is 6.29. The summed E-state index contributed by atoms with van der Waals surface area (Å²) >= 11 is 6.40. The summed E-state index contributed by atoms with van der Waals surface area (Å²) in [5.41, 5.74) is 1.19. The predicted molar refractivity (Wildman–Crippen MR) is 131 cm³/mol. The summed E-state index contributed by atoms with van der Waals surface area (Å²) in [6, 6.07) is 2.04. The molecule has 1 spiro atoms. The second-order valence-corrected chi connectivity index (χ2v) is 10.7. The Morgan fingerprint density at radius 1 is 1.22 bits per heavy atom. The molecule has 0 aromatic carbocycles. The topological polar surface area (TPSA) is 112 Å². The van der Waals surface area contributed by atoms with E-state index in [0.29, 0.717) is 23.9 Å². The molecule has 4 atom stereocenters. The fourth-order valence-corrected chi connectivity index (χ4v) is 6.54. The van der Waals surface area contributed by atoms with Crippen LogP contribution in [0.3, 0.4) is 0 Å². The standard InChI is InChI=1S/C25H30ClN7O3/c1-15(18-12-16(14-32(18)2)33-11-10-27-31-33)35-21-13-20(26)28-24(29-21)22-17-6-5-9-25(23(17)30-36-22)8-4-3-7-19(25)34/h10-11,13,15-16,18H,3-9,12,14H2,1-2H3/t15-,16?,18-,25+/m0/s1. The Morgan fingerprint density at radius 3 is 2.89 bits per heavy atom. The maximum Gasteiger partial charge on any atom is 0.218 e. The van der Waals surface area contributed by atoms with Crippen LogP contribution < -0.4 is 4.74 Å². The highest BCUT2D eigenvalue weighted by atomic mass is 35.5. The largest absolute Gasteiger partial charge is 0.473 e. The summed E-state index contributed by atoms with van der Waals surface area (Å²) in [7, 11) is 2.09. The van der Waals surface area contributed by atoms with Crippen molar-refractivity contribution in [3.63, 3.8) is 0 Å². The lowest BCUT2D eigenvalue weighted by molar-refractivity contribution is -0.127. The molecule has 0 bridgehead atoms. The lowest BCUT2D eigenvalue weighted by Crippen LogP contribution is -2.41. The number of halogens is 1. The molecule has 1 saturated heterocycles. The number of ketones is 1. The van der Waals surface area contributed by atoms with Gasteiger partial charge < -0.3 is 9.26 Å². The fourth-order valence-electron chi connectivity index (χ4n) is 6.37. The molecule has 1 aliphatic heterocycles. The Kier molecular flexibility index (Phi) is 6.03. The molecule has 0 amide bonds. The molecule has 2 fully saturated rings. The smallest absolute Gasteiger partial charge is 0.218 e. The number of hydrogen-bond acceptors (Lipinski definition) is 9. The molecule has 1 saturated carbocycles. The average Bonchev–Trinajstić information content (AvgIpc) is 3.60. The van der Waals surface area contributed by atoms with E-state index in [0.717, 1.165) is 62.7 Å². The summed E-state index contributed by atoms with van der Waals surface area (Å²) in [5.74, 6) is 1.51. The number of fused-ring (bicyclic) bond motifs is 2. The van der Waals surface area contributed by atoms with Crippen LogP contribution in [0.4, 0.5) is 0 Å². The van der Waals surface area contributed by atoms with Gasteiger partial charge in [-0.05, 0) is 52.5 Å². The minimum atomic E-state index is -0.520. The molecule has 1 unspecified atom stereocenters. The molecule has 3 aromatic heterocycles. The van der Waals surface area contributed by atoms with Gasteiger partial charge in [0.2, 0.25) is 17.5 Å². The van der Waals surface area contributed by atoms with Crippen LogP contribution in [0.25, 0.3) is 11.6 Å². The van der Waals surface area contributed by atoms with Crippen molar-refractivity contribution in [2.24, 2.45) is 0 Å². The van der Waals surface area contributed by atoms with Gasteiger partial charge >= 0.3 is 0 Å². The monoisotopic (exact) mass is 511 g/mol. The highest BCUT2D eigenvalue weighted by Crippen LogP contribution is 2.47. The first-order chi connectivity index (χ1) is 17.4. The molecule has 0 N–H and O–H groups in total. The van der Waals surface area contributed by atoms with E-state index in [-0.39, 0.29) is 29.1 Å². The number of aromatic nitrogens is 6. The summed E-state index contributed by atoms with van der Waals surface area (Å²) in [6.07, 6.45) is 10.3. The zero-order valence-electron chi connectivity index (χ0n) is 20.6. The van der Waals surface area contributed by atoms with E-state index in [1.54, 1.807) is 12.3 Å². The highest BCUT2D eigenvalue weighted by Gasteiger charge is 2.48. The van der Waals surface area contributed by atoms with E-state index >= 15 is 0 Å². The number of likely N-dealkylation sites (tertiary alicyclic amines) is 1. The SMILES string of the molecule is C[C@H](Oc1cc(Cl)nc(-c2onc3c2CCC[C@@]32CCCCC2=O)n1)[C@@H]1CC(n2ccnn2)CN1C. The third-order valence-electron chi connectivity index (χ3n) is 8.18. The first-order valence-electron chi connectivity index (χ1n) is 12.7. The van der Waals surface area contributed by atoms with Gasteiger partial charge in [0.15, 0.2) is 0 Å². The molecule has 11 heteroatoms. The minimum Gasteiger partial charge on any atom is -0.473 e. The van der Waals surface area contributed by atoms with Crippen LogP contribution in [0.1, 0.15) is 69.2 Å². The average molecular weight is 512 g/mol. The maximum atomic E-state index is 13.0. The summed E-state index contributed by atoms with van der Waals surface area (Å²) in [5, 5.41) is 12.8. The van der Waals surface area contributed by atoms with E-state index in [9.17, 15) is 4.79 Å². The van der Waals surface area contributed by atoms with E-state index in [2.05, 4.69) is 37.4 Å². The number of nitrogens with zero attached hydrogens (tertiary/aromatic N) is 7. The summed E-state index contributed by atoms with van der Waals surface area (Å²) in [4.78, 5) is 24.4. The number of ether oxygens (including phenoxy) is 1. The van der Waals surface area contributed by atoms with E-state index < -0.39 is 5.41 Å². The molecular weight excluding hydrogens is 482 g/mol. The van der Waals surface area contributed by atoms with Crippen LogP contribution in [0, 0.1) is 0 Å². The third-order valence-corrected chi connectivity index (χ3v) is 8.37.